The maximum atomic E-state index is 13.8. The van der Waals surface area contributed by atoms with Crippen molar-refractivity contribution in [3.8, 4) is 46.0 Å². The standard InChI is InChI=1S/2C50H66O8/c2*1-45(2,3)35-25-29(15-21-39(35)51)49(13,30-16-22-40(52)36(26-30)46(4,5)6)33(43(55)56)19-20-34(44(57)58)50(14,31-17-23-41(53)37(27-31)47(7,8)9)32-18-24-42(54)38(28-32)48(10,11)12/h2*15-18,21-28,33-34,51-54H,19-20H2,1-14H3,(H,55,56)(H,57,58). The van der Waals surface area contributed by atoms with E-state index in [0.717, 1.165) is 0 Å². The van der Waals surface area contributed by atoms with Crippen molar-refractivity contribution in [2.75, 3.05) is 0 Å². The zero-order valence-corrected chi connectivity index (χ0v) is 74.0. The Morgan fingerprint density at radius 1 is 0.198 bits per heavy atom. The van der Waals surface area contributed by atoms with Gasteiger partial charge in [0.15, 0.2) is 0 Å². The Morgan fingerprint density at radius 2 is 0.293 bits per heavy atom. The SMILES string of the molecule is CC(C)(C)c1cc(C(C)(c2ccc(O)c(C(C)(C)C)c2)C(CCC(C(=O)O)C(C)(c2ccc(O)c(C(C)(C)C)c2)c2ccc(O)c(C(C)(C)C)c2)C(=O)O)ccc1O.CC(C)(C)c1cc(C(C)(c2ccc(O)c(C(C)(C)C)c2)C(CCC(C(=O)O)C(C)(c2ccc(O)c(C(C)(C)C)c2)c2ccc(O)c(C(C)(C)C)c2)C(=O)O)ccc1O. The van der Waals surface area contributed by atoms with Crippen LogP contribution in [0, 0.1) is 23.7 Å². The van der Waals surface area contributed by atoms with Gasteiger partial charge in [0.05, 0.1) is 23.7 Å². The second kappa shape index (κ2) is 32.9. The molecule has 8 aromatic rings. The largest absolute Gasteiger partial charge is 0.508 e. The van der Waals surface area contributed by atoms with Crippen molar-refractivity contribution < 1.29 is 80.5 Å². The molecule has 628 valence electrons. The maximum Gasteiger partial charge on any atom is 0.307 e. The van der Waals surface area contributed by atoms with Crippen LogP contribution in [-0.4, -0.2) is 85.2 Å². The Balaban J connectivity index is 0.000000321. The van der Waals surface area contributed by atoms with Gasteiger partial charge in [0.2, 0.25) is 0 Å². The molecule has 0 amide bonds. The van der Waals surface area contributed by atoms with Crippen molar-refractivity contribution in [1.82, 2.24) is 0 Å². The van der Waals surface area contributed by atoms with Gasteiger partial charge < -0.3 is 61.3 Å². The van der Waals surface area contributed by atoms with Gasteiger partial charge in [0, 0.05) is 21.7 Å². The van der Waals surface area contributed by atoms with Gasteiger partial charge in [0.1, 0.15) is 46.0 Å². The molecule has 16 heteroatoms. The number of aromatic hydroxyl groups is 8. The molecule has 8 aromatic carbocycles. The van der Waals surface area contributed by atoms with E-state index in [1.165, 1.54) is 0 Å². The third-order valence-electron chi connectivity index (χ3n) is 24.7. The molecule has 0 saturated heterocycles. The molecule has 12 N–H and O–H groups in total. The molecule has 0 heterocycles. The fourth-order valence-electron chi connectivity index (χ4n) is 17.3. The number of hydrogen-bond acceptors (Lipinski definition) is 12. The van der Waals surface area contributed by atoms with Crippen LogP contribution in [0.25, 0.3) is 0 Å². The van der Waals surface area contributed by atoms with E-state index in [1.807, 2.05) is 242 Å². The minimum Gasteiger partial charge on any atom is -0.508 e. The summed E-state index contributed by atoms with van der Waals surface area (Å²) < 4.78 is 0. The number of carbonyl (C=O) groups is 4. The highest BCUT2D eigenvalue weighted by Gasteiger charge is 2.51. The highest BCUT2D eigenvalue weighted by molar-refractivity contribution is 5.78. The average Bonchev–Trinajstić information content (AvgIpc) is 0.741. The first-order valence-electron chi connectivity index (χ1n) is 40.3. The van der Waals surface area contributed by atoms with Gasteiger partial charge in [0.25, 0.3) is 0 Å². The van der Waals surface area contributed by atoms with Crippen LogP contribution in [0.2, 0.25) is 0 Å². The monoisotopic (exact) mass is 1590 g/mol. The van der Waals surface area contributed by atoms with E-state index in [2.05, 4.69) is 0 Å². The van der Waals surface area contributed by atoms with Crippen molar-refractivity contribution in [2.24, 2.45) is 23.7 Å². The van der Waals surface area contributed by atoms with Gasteiger partial charge in [-0.1, -0.05) is 291 Å². The van der Waals surface area contributed by atoms with Crippen molar-refractivity contribution in [2.45, 2.75) is 285 Å². The highest BCUT2D eigenvalue weighted by Crippen LogP contribution is 2.54. The van der Waals surface area contributed by atoms with Gasteiger partial charge in [-0.2, -0.15) is 0 Å². The number of phenolic OH excluding ortho intramolecular Hbond substituents is 8. The summed E-state index contributed by atoms with van der Waals surface area (Å²) in [5.74, 6) is -8.53. The molecule has 0 aliphatic carbocycles. The highest BCUT2D eigenvalue weighted by atomic mass is 16.4. The fraction of sp³-hybridized carbons (Fsp3) is 0.480. The number of phenols is 8. The lowest BCUT2D eigenvalue weighted by Gasteiger charge is -2.41. The van der Waals surface area contributed by atoms with E-state index in [9.17, 15) is 80.5 Å². The van der Waals surface area contributed by atoms with E-state index >= 15 is 0 Å². The number of benzene rings is 8. The van der Waals surface area contributed by atoms with Crippen LogP contribution in [0.5, 0.6) is 46.0 Å². The molecule has 0 aliphatic heterocycles. The molecule has 0 bridgehead atoms. The lowest BCUT2D eigenvalue weighted by atomic mass is 9.61. The normalized spacial score (nSPS) is 14.2. The topological polar surface area (TPSA) is 311 Å². The maximum absolute atomic E-state index is 13.8. The molecule has 4 unspecified atom stereocenters. The first-order valence-corrected chi connectivity index (χ1v) is 40.3. The summed E-state index contributed by atoms with van der Waals surface area (Å²) in [5.41, 5.74) is 1.07. The molecule has 16 nitrogen and oxygen atoms in total. The predicted molar refractivity (Wildman–Crippen MR) is 463 cm³/mol. The molecule has 0 saturated carbocycles. The number of aliphatic carboxylic acids is 4. The van der Waals surface area contributed by atoms with Gasteiger partial charge in [-0.3, -0.25) is 19.2 Å². The van der Waals surface area contributed by atoms with E-state index in [4.69, 9.17) is 0 Å². The van der Waals surface area contributed by atoms with Crippen molar-refractivity contribution >= 4 is 23.9 Å². The average molecular weight is 1590 g/mol. The minimum absolute atomic E-state index is 0.0652. The number of carboxylic acid groups (broad SMARTS) is 4. The van der Waals surface area contributed by atoms with Gasteiger partial charge in [-0.05, 0) is 207 Å². The fourth-order valence-corrected chi connectivity index (χ4v) is 17.3. The molecule has 0 radical (unpaired) electrons. The van der Waals surface area contributed by atoms with Gasteiger partial charge in [-0.25, -0.2) is 0 Å². The smallest absolute Gasteiger partial charge is 0.307 e. The lowest BCUT2D eigenvalue weighted by Crippen LogP contribution is -2.42. The molecular formula is C100H132O16. The second-order valence-electron chi connectivity index (χ2n) is 41.4. The molecule has 8 rings (SSSR count). The summed E-state index contributed by atoms with van der Waals surface area (Å²) in [4.78, 5) is 55.4. The molecule has 4 atom stereocenters. The summed E-state index contributed by atoms with van der Waals surface area (Å²) in [7, 11) is 0. The Bertz CT molecular complexity index is 4080. The number of hydrogen-bond donors (Lipinski definition) is 12. The first kappa shape index (κ1) is 93.2. The van der Waals surface area contributed by atoms with Crippen LogP contribution in [-0.2, 0) is 84.2 Å². The second-order valence-corrected chi connectivity index (χ2v) is 41.4. The number of carboxylic acids is 4. The summed E-state index contributed by atoms with van der Waals surface area (Å²) >= 11 is 0. The molecular weight excluding hydrogens is 1460 g/mol. The summed E-state index contributed by atoms with van der Waals surface area (Å²) in [5, 5.41) is 133. The third-order valence-corrected chi connectivity index (χ3v) is 24.7. The van der Waals surface area contributed by atoms with Gasteiger partial charge >= 0.3 is 23.9 Å². The Labute approximate surface area is 689 Å². The Hall–Kier alpha value is -9.96. The zero-order chi connectivity index (χ0) is 88.3. The van der Waals surface area contributed by atoms with Gasteiger partial charge in [-0.15, -0.1) is 0 Å². The molecule has 0 aromatic heterocycles. The van der Waals surface area contributed by atoms with Crippen molar-refractivity contribution in [3.63, 3.8) is 0 Å². The van der Waals surface area contributed by atoms with Crippen LogP contribution in [0.3, 0.4) is 0 Å². The predicted octanol–water partition coefficient (Wildman–Crippen LogP) is 22.4. The van der Waals surface area contributed by atoms with Crippen LogP contribution < -0.4 is 0 Å². The minimum atomic E-state index is -1.28. The van der Waals surface area contributed by atoms with Crippen LogP contribution in [0.4, 0.5) is 0 Å². The van der Waals surface area contributed by atoms with E-state index in [0.29, 0.717) is 89.0 Å². The summed E-state index contributed by atoms with van der Waals surface area (Å²) in [6.45, 7) is 54.7. The molecule has 0 fully saturated rings. The Morgan fingerprint density at radius 3 is 0.371 bits per heavy atom. The Kier molecular flexibility index (Phi) is 26.4. The summed E-state index contributed by atoms with van der Waals surface area (Å²) in [6.07, 6.45) is -0.261. The van der Waals surface area contributed by atoms with Crippen LogP contribution >= 0.6 is 0 Å². The van der Waals surface area contributed by atoms with E-state index in [-0.39, 0.29) is 71.7 Å². The molecule has 0 aliphatic rings. The summed E-state index contributed by atoms with van der Waals surface area (Å²) in [6, 6.07) is 41.4. The van der Waals surface area contributed by atoms with Crippen molar-refractivity contribution in [3.05, 3.63) is 235 Å². The lowest BCUT2D eigenvalue weighted by molar-refractivity contribution is -0.147. The number of rotatable bonds is 22. The van der Waals surface area contributed by atoms with E-state index in [1.54, 1.807) is 97.1 Å². The van der Waals surface area contributed by atoms with Crippen molar-refractivity contribution in [1.29, 1.82) is 0 Å². The first-order chi connectivity index (χ1) is 52.7. The third kappa shape index (κ3) is 19.2. The van der Waals surface area contributed by atoms with E-state index < -0.39 is 113 Å². The zero-order valence-electron chi connectivity index (χ0n) is 74.0. The van der Waals surface area contributed by atoms with Crippen LogP contribution in [0.1, 0.15) is 309 Å². The molecule has 0 spiro atoms. The van der Waals surface area contributed by atoms with Crippen LogP contribution in [0.15, 0.2) is 146 Å². The quantitative estimate of drug-likeness (QED) is 0.0300. The molecule has 116 heavy (non-hydrogen) atoms.